The van der Waals surface area contributed by atoms with Gasteiger partial charge in [-0.3, -0.25) is 9.59 Å². The molecule has 1 fully saturated rings. The van der Waals surface area contributed by atoms with E-state index in [2.05, 4.69) is 12.2 Å². The molecule has 2 aliphatic heterocycles. The number of amides is 2. The number of thiophene rings is 1. The Balaban J connectivity index is 1.55. The van der Waals surface area contributed by atoms with Crippen LogP contribution in [0.3, 0.4) is 0 Å². The van der Waals surface area contributed by atoms with Crippen molar-refractivity contribution in [3.05, 3.63) is 45.8 Å². The molecule has 1 aromatic heterocycles. The number of hydrogen-bond donors (Lipinski definition) is 1. The number of benzene rings is 1. The second-order valence-corrected chi connectivity index (χ2v) is 12.2. The Labute approximate surface area is 215 Å². The third-order valence-corrected chi connectivity index (χ3v) is 9.75. The van der Waals surface area contributed by atoms with Crippen molar-refractivity contribution in [2.75, 3.05) is 31.6 Å². The van der Waals surface area contributed by atoms with E-state index in [1.54, 1.807) is 11.8 Å². The molecule has 2 aromatic rings. The van der Waals surface area contributed by atoms with Crippen LogP contribution in [-0.4, -0.2) is 61.6 Å². The van der Waals surface area contributed by atoms with Crippen molar-refractivity contribution in [3.8, 4) is 0 Å². The summed E-state index contributed by atoms with van der Waals surface area (Å²) in [7, 11) is -3.62. The minimum atomic E-state index is -3.62. The zero-order chi connectivity index (χ0) is 26.0. The van der Waals surface area contributed by atoms with Crippen LogP contribution in [0.15, 0.2) is 29.2 Å². The maximum Gasteiger partial charge on any atom is 0.341 e. The molecule has 194 valence electrons. The van der Waals surface area contributed by atoms with Gasteiger partial charge in [0, 0.05) is 37.0 Å². The molecule has 0 bridgehead atoms. The van der Waals surface area contributed by atoms with Gasteiger partial charge in [0.05, 0.1) is 23.6 Å². The van der Waals surface area contributed by atoms with E-state index in [4.69, 9.17) is 4.74 Å². The molecule has 0 radical (unpaired) electrons. The van der Waals surface area contributed by atoms with Crippen LogP contribution in [0.5, 0.6) is 0 Å². The van der Waals surface area contributed by atoms with E-state index in [-0.39, 0.29) is 23.0 Å². The predicted molar refractivity (Wildman–Crippen MR) is 137 cm³/mol. The van der Waals surface area contributed by atoms with Crippen LogP contribution < -0.4 is 5.32 Å². The summed E-state index contributed by atoms with van der Waals surface area (Å²) in [5.41, 5.74) is 1.39. The fourth-order valence-corrected chi connectivity index (χ4v) is 7.22. The van der Waals surface area contributed by atoms with Crippen molar-refractivity contribution in [1.29, 1.82) is 0 Å². The first-order valence-corrected chi connectivity index (χ1v) is 14.4. The first-order chi connectivity index (χ1) is 17.1. The quantitative estimate of drug-likeness (QED) is 0.569. The van der Waals surface area contributed by atoms with Crippen LogP contribution in [0.2, 0.25) is 0 Å². The number of carbonyl (C=O) groups is 3. The molecule has 1 aromatic carbocycles. The number of carbonyl (C=O) groups excluding carboxylic acids is 3. The third kappa shape index (κ3) is 5.33. The van der Waals surface area contributed by atoms with Gasteiger partial charge in [-0.15, -0.1) is 11.3 Å². The van der Waals surface area contributed by atoms with Crippen molar-refractivity contribution < 1.29 is 27.5 Å². The summed E-state index contributed by atoms with van der Waals surface area (Å²) >= 11 is 1.26. The number of nitrogens with one attached hydrogen (secondary N) is 1. The molecule has 2 aliphatic rings. The van der Waals surface area contributed by atoms with Gasteiger partial charge in [0.1, 0.15) is 5.00 Å². The van der Waals surface area contributed by atoms with Gasteiger partial charge < -0.3 is 15.0 Å². The molecular weight excluding hydrogens is 502 g/mol. The lowest BCUT2D eigenvalue weighted by Crippen LogP contribution is -2.37. The van der Waals surface area contributed by atoms with Gasteiger partial charge in [-0.05, 0) is 61.9 Å². The minimum Gasteiger partial charge on any atom is -0.462 e. The van der Waals surface area contributed by atoms with Crippen molar-refractivity contribution in [2.45, 2.75) is 51.5 Å². The lowest BCUT2D eigenvalue weighted by molar-refractivity contribution is -0.129. The molecule has 1 saturated heterocycles. The van der Waals surface area contributed by atoms with Gasteiger partial charge in [-0.25, -0.2) is 13.2 Å². The summed E-state index contributed by atoms with van der Waals surface area (Å²) in [6.45, 7) is 7.38. The highest BCUT2D eigenvalue weighted by molar-refractivity contribution is 7.89. The number of esters is 1. The second-order valence-electron chi connectivity index (χ2n) is 9.18. The average molecular weight is 534 g/mol. The van der Waals surface area contributed by atoms with Gasteiger partial charge in [0.25, 0.3) is 5.91 Å². The third-order valence-electron chi connectivity index (χ3n) is 6.71. The standard InChI is InChI=1S/C25H31N3O6S2/c1-4-34-25(31)22-20-11-12-27(17(3)29)15-21(20)35-24(22)26-23(30)18-5-7-19(8-6-18)36(32,33)28-13-9-16(2)10-14-28/h5-8,16H,4,9-15H2,1-3H3,(H,26,30). The van der Waals surface area contributed by atoms with Gasteiger partial charge in [0.15, 0.2) is 0 Å². The monoisotopic (exact) mass is 533 g/mol. The average Bonchev–Trinajstić information content (AvgIpc) is 3.21. The topological polar surface area (TPSA) is 113 Å². The second kappa shape index (κ2) is 10.7. The molecule has 0 spiro atoms. The molecule has 0 aliphatic carbocycles. The number of piperidine rings is 1. The molecule has 1 N–H and O–H groups in total. The fourth-order valence-electron chi connectivity index (χ4n) is 4.51. The first-order valence-electron chi connectivity index (χ1n) is 12.1. The van der Waals surface area contributed by atoms with Crippen LogP contribution in [-0.2, 0) is 32.5 Å². The maximum atomic E-state index is 13.0. The number of hydrogen-bond acceptors (Lipinski definition) is 7. The summed E-state index contributed by atoms with van der Waals surface area (Å²) in [6.07, 6.45) is 2.16. The molecular formula is C25H31N3O6S2. The lowest BCUT2D eigenvalue weighted by Gasteiger charge is -2.29. The fraction of sp³-hybridized carbons (Fsp3) is 0.480. The van der Waals surface area contributed by atoms with E-state index in [0.29, 0.717) is 49.1 Å². The maximum absolute atomic E-state index is 13.0. The number of anilines is 1. The molecule has 11 heteroatoms. The largest absolute Gasteiger partial charge is 0.462 e. The van der Waals surface area contributed by atoms with Gasteiger partial charge in [0.2, 0.25) is 15.9 Å². The minimum absolute atomic E-state index is 0.0496. The van der Waals surface area contributed by atoms with Crippen molar-refractivity contribution in [2.24, 2.45) is 5.92 Å². The van der Waals surface area contributed by atoms with E-state index in [1.165, 1.54) is 46.8 Å². The van der Waals surface area contributed by atoms with E-state index >= 15 is 0 Å². The number of fused-ring (bicyclic) bond motifs is 1. The van der Waals surface area contributed by atoms with Crippen LogP contribution in [0, 0.1) is 5.92 Å². The Morgan fingerprint density at radius 3 is 2.39 bits per heavy atom. The number of rotatable bonds is 6. The summed E-state index contributed by atoms with van der Waals surface area (Å²) in [5, 5.41) is 3.18. The van der Waals surface area contributed by atoms with Crippen molar-refractivity contribution >= 4 is 44.1 Å². The van der Waals surface area contributed by atoms with E-state index in [1.807, 2.05) is 0 Å². The smallest absolute Gasteiger partial charge is 0.341 e. The zero-order valence-electron chi connectivity index (χ0n) is 20.7. The van der Waals surface area contributed by atoms with Crippen LogP contribution >= 0.6 is 11.3 Å². The van der Waals surface area contributed by atoms with Crippen LogP contribution in [0.4, 0.5) is 5.00 Å². The van der Waals surface area contributed by atoms with Crippen molar-refractivity contribution in [1.82, 2.24) is 9.21 Å². The molecule has 4 rings (SSSR count). The molecule has 0 atom stereocenters. The summed E-state index contributed by atoms with van der Waals surface area (Å²) in [6, 6.07) is 5.84. The summed E-state index contributed by atoms with van der Waals surface area (Å²) < 4.78 is 32.7. The summed E-state index contributed by atoms with van der Waals surface area (Å²) in [4.78, 5) is 40.3. The van der Waals surface area contributed by atoms with Crippen LogP contribution in [0.1, 0.15) is 64.8 Å². The summed E-state index contributed by atoms with van der Waals surface area (Å²) in [5.74, 6) is -0.515. The Hall–Kier alpha value is -2.76. The molecule has 0 unspecified atom stereocenters. The Kier molecular flexibility index (Phi) is 7.82. The number of sulfonamides is 1. The Morgan fingerprint density at radius 2 is 1.78 bits per heavy atom. The highest BCUT2D eigenvalue weighted by Gasteiger charge is 2.31. The zero-order valence-corrected chi connectivity index (χ0v) is 22.3. The van der Waals surface area contributed by atoms with E-state index < -0.39 is 21.9 Å². The molecule has 0 saturated carbocycles. The lowest BCUT2D eigenvalue weighted by atomic mass is 10.0. The molecule has 2 amide bonds. The Bertz CT molecular complexity index is 1260. The van der Waals surface area contributed by atoms with Crippen molar-refractivity contribution in [3.63, 3.8) is 0 Å². The van der Waals surface area contributed by atoms with Gasteiger partial charge in [-0.2, -0.15) is 4.31 Å². The predicted octanol–water partition coefficient (Wildman–Crippen LogP) is 3.50. The normalized spacial score (nSPS) is 16.9. The first kappa shape index (κ1) is 26.3. The highest BCUT2D eigenvalue weighted by atomic mass is 32.2. The Morgan fingerprint density at radius 1 is 1.11 bits per heavy atom. The van der Waals surface area contributed by atoms with E-state index in [9.17, 15) is 22.8 Å². The number of nitrogens with zero attached hydrogens (tertiary/aromatic N) is 2. The number of ether oxygens (including phenoxy) is 1. The highest BCUT2D eigenvalue weighted by Crippen LogP contribution is 2.38. The molecule has 9 nitrogen and oxygen atoms in total. The van der Waals surface area contributed by atoms with Gasteiger partial charge in [-0.1, -0.05) is 6.92 Å². The molecule has 3 heterocycles. The van der Waals surface area contributed by atoms with E-state index in [0.717, 1.165) is 23.3 Å². The molecule has 36 heavy (non-hydrogen) atoms. The SMILES string of the molecule is CCOC(=O)c1c(NC(=O)c2ccc(S(=O)(=O)N3CCC(C)CC3)cc2)sc2c1CCN(C(C)=O)C2. The van der Waals surface area contributed by atoms with Gasteiger partial charge >= 0.3 is 5.97 Å². The van der Waals surface area contributed by atoms with Crippen LogP contribution in [0.25, 0.3) is 0 Å².